The smallest absolute Gasteiger partial charge is 0.305 e. The molecule has 0 aromatic rings. The number of ether oxygens (including phenoxy) is 2. The Morgan fingerprint density at radius 3 is 1.30 bits per heavy atom. The van der Waals surface area contributed by atoms with Crippen LogP contribution in [0.15, 0.2) is 0 Å². The van der Waals surface area contributed by atoms with Crippen LogP contribution in [0.1, 0.15) is 155 Å². The SMILES string of the molecule is CCCCCCCCCCCC(=O)OCCC(CCOC(=O)CCCCCCCCCCC)C(=O)C[N+](C)(C)CCO.[Br-]. The number of aliphatic hydroxyl groups is 1. The van der Waals surface area contributed by atoms with Gasteiger partial charge in [-0.25, -0.2) is 0 Å². The summed E-state index contributed by atoms with van der Waals surface area (Å²) in [6.07, 6.45) is 23.3. The number of Topliss-reactive ketones (excluding diaryl/α,β-unsaturated/α-hetero) is 1. The van der Waals surface area contributed by atoms with Gasteiger partial charge in [-0.05, 0) is 25.7 Å². The van der Waals surface area contributed by atoms with Crippen LogP contribution in [0.25, 0.3) is 0 Å². The molecule has 0 atom stereocenters. The zero-order valence-electron chi connectivity index (χ0n) is 28.5. The topological polar surface area (TPSA) is 89.9 Å². The fourth-order valence-corrected chi connectivity index (χ4v) is 5.30. The summed E-state index contributed by atoms with van der Waals surface area (Å²) in [7, 11) is 3.84. The fourth-order valence-electron chi connectivity index (χ4n) is 5.30. The Hall–Kier alpha value is -0.990. The van der Waals surface area contributed by atoms with Crippen molar-refractivity contribution < 1.29 is 50.4 Å². The average Bonchev–Trinajstić information content (AvgIpc) is 2.94. The lowest BCUT2D eigenvalue weighted by Gasteiger charge is -2.29. The molecule has 43 heavy (non-hydrogen) atoms. The Morgan fingerprint density at radius 2 is 0.953 bits per heavy atom. The van der Waals surface area contributed by atoms with Crippen molar-refractivity contribution in [3.63, 3.8) is 0 Å². The summed E-state index contributed by atoms with van der Waals surface area (Å²) in [6, 6.07) is 0. The van der Waals surface area contributed by atoms with Crippen LogP contribution in [-0.4, -0.2) is 74.3 Å². The quantitative estimate of drug-likeness (QED) is 0.0635. The highest BCUT2D eigenvalue weighted by atomic mass is 79.9. The van der Waals surface area contributed by atoms with Crippen molar-refractivity contribution in [1.82, 2.24) is 0 Å². The lowest BCUT2D eigenvalue weighted by molar-refractivity contribution is -0.882. The van der Waals surface area contributed by atoms with E-state index in [0.717, 1.165) is 38.5 Å². The van der Waals surface area contributed by atoms with E-state index in [9.17, 15) is 19.5 Å². The summed E-state index contributed by atoms with van der Waals surface area (Å²) >= 11 is 0. The molecule has 0 aliphatic carbocycles. The van der Waals surface area contributed by atoms with Crippen molar-refractivity contribution in [2.75, 3.05) is 47.0 Å². The van der Waals surface area contributed by atoms with E-state index in [1.54, 1.807) is 0 Å². The summed E-state index contributed by atoms with van der Waals surface area (Å²) in [4.78, 5) is 37.6. The van der Waals surface area contributed by atoms with Crippen LogP contribution in [0.4, 0.5) is 0 Å². The highest BCUT2D eigenvalue weighted by Gasteiger charge is 2.27. The molecular weight excluding hydrogens is 610 g/mol. The second-order valence-corrected chi connectivity index (χ2v) is 12.9. The van der Waals surface area contributed by atoms with Gasteiger partial charge < -0.3 is 36.0 Å². The van der Waals surface area contributed by atoms with Gasteiger partial charge in [0.15, 0.2) is 5.78 Å². The Balaban J connectivity index is 0. The van der Waals surface area contributed by atoms with E-state index in [1.807, 2.05) is 14.1 Å². The molecule has 256 valence electrons. The number of likely N-dealkylation sites (N-methyl/N-ethyl adjacent to an activating group) is 1. The van der Waals surface area contributed by atoms with Crippen LogP contribution in [0.2, 0.25) is 0 Å². The first-order valence-corrected chi connectivity index (χ1v) is 17.5. The second kappa shape index (κ2) is 31.0. The number of quaternary nitrogens is 1. The summed E-state index contributed by atoms with van der Waals surface area (Å²) in [6.45, 7) is 5.64. The minimum atomic E-state index is -0.345. The van der Waals surface area contributed by atoms with Gasteiger partial charge in [0.1, 0.15) is 13.1 Å². The number of rotatable bonds is 31. The van der Waals surface area contributed by atoms with Crippen LogP contribution in [0.5, 0.6) is 0 Å². The minimum absolute atomic E-state index is 0. The Morgan fingerprint density at radius 1 is 0.605 bits per heavy atom. The average molecular weight is 679 g/mol. The van der Waals surface area contributed by atoms with E-state index >= 15 is 0 Å². The van der Waals surface area contributed by atoms with Crippen molar-refractivity contribution in [2.45, 2.75) is 155 Å². The van der Waals surface area contributed by atoms with Gasteiger partial charge in [0.2, 0.25) is 0 Å². The van der Waals surface area contributed by atoms with Crippen molar-refractivity contribution in [3.05, 3.63) is 0 Å². The van der Waals surface area contributed by atoms with Gasteiger partial charge in [0.05, 0.1) is 33.9 Å². The molecule has 0 spiro atoms. The van der Waals surface area contributed by atoms with E-state index in [0.29, 0.717) is 36.7 Å². The number of carbonyl (C=O) groups is 3. The Kier molecular flexibility index (Phi) is 31.8. The third-order valence-corrected chi connectivity index (χ3v) is 8.17. The van der Waals surface area contributed by atoms with Gasteiger partial charge in [0, 0.05) is 18.8 Å². The third-order valence-electron chi connectivity index (χ3n) is 8.17. The van der Waals surface area contributed by atoms with Crippen LogP contribution >= 0.6 is 0 Å². The zero-order valence-corrected chi connectivity index (χ0v) is 30.1. The molecule has 0 amide bonds. The number of esters is 2. The van der Waals surface area contributed by atoms with Gasteiger partial charge in [-0.2, -0.15) is 0 Å². The first kappa shape index (κ1) is 44.1. The number of carbonyl (C=O) groups excluding carboxylic acids is 3. The summed E-state index contributed by atoms with van der Waals surface area (Å²) in [5, 5.41) is 9.34. The number of hydrogen-bond donors (Lipinski definition) is 1. The Labute approximate surface area is 275 Å². The summed E-state index contributed by atoms with van der Waals surface area (Å²) in [5.41, 5.74) is 0. The monoisotopic (exact) mass is 677 g/mol. The van der Waals surface area contributed by atoms with Crippen LogP contribution in [0.3, 0.4) is 0 Å². The maximum absolute atomic E-state index is 13.1. The highest BCUT2D eigenvalue weighted by molar-refractivity contribution is 5.82. The molecule has 0 rings (SSSR count). The van der Waals surface area contributed by atoms with Gasteiger partial charge in [-0.15, -0.1) is 0 Å². The number of nitrogens with zero attached hydrogens (tertiary/aromatic N) is 1. The summed E-state index contributed by atoms with van der Waals surface area (Å²) < 4.78 is 11.3. The van der Waals surface area contributed by atoms with Crippen LogP contribution < -0.4 is 17.0 Å². The third kappa shape index (κ3) is 29.5. The molecule has 0 bridgehead atoms. The lowest BCUT2D eigenvalue weighted by atomic mass is 9.96. The predicted octanol–water partition coefficient (Wildman–Crippen LogP) is 4.95. The van der Waals surface area contributed by atoms with Gasteiger partial charge in [-0.3, -0.25) is 14.4 Å². The van der Waals surface area contributed by atoms with Crippen molar-refractivity contribution in [3.8, 4) is 0 Å². The minimum Gasteiger partial charge on any atom is -1.00 e. The van der Waals surface area contributed by atoms with E-state index < -0.39 is 0 Å². The second-order valence-electron chi connectivity index (χ2n) is 12.9. The number of aliphatic hydroxyl groups excluding tert-OH is 1. The van der Waals surface area contributed by atoms with Crippen LogP contribution in [0, 0.1) is 5.92 Å². The molecule has 1 N–H and O–H groups in total. The molecule has 8 heteroatoms. The number of unbranched alkanes of at least 4 members (excludes halogenated alkanes) is 16. The molecule has 0 fully saturated rings. The molecule has 0 saturated heterocycles. The predicted molar refractivity (Wildman–Crippen MR) is 172 cm³/mol. The van der Waals surface area contributed by atoms with Gasteiger partial charge in [-0.1, -0.05) is 117 Å². The van der Waals surface area contributed by atoms with Crippen molar-refractivity contribution in [2.24, 2.45) is 5.92 Å². The van der Waals surface area contributed by atoms with E-state index in [1.165, 1.54) is 77.0 Å². The first-order chi connectivity index (χ1) is 20.3. The van der Waals surface area contributed by atoms with Gasteiger partial charge in [0.25, 0.3) is 0 Å². The normalized spacial score (nSPS) is 11.4. The van der Waals surface area contributed by atoms with Crippen molar-refractivity contribution >= 4 is 17.7 Å². The molecule has 0 saturated carbocycles. The largest absolute Gasteiger partial charge is 1.00 e. The van der Waals surface area contributed by atoms with Crippen LogP contribution in [-0.2, 0) is 23.9 Å². The highest BCUT2D eigenvalue weighted by Crippen LogP contribution is 2.16. The number of ketones is 1. The fraction of sp³-hybridized carbons (Fsp3) is 0.914. The van der Waals surface area contributed by atoms with E-state index in [-0.39, 0.29) is 67.0 Å². The molecule has 0 radical (unpaired) electrons. The first-order valence-electron chi connectivity index (χ1n) is 17.5. The van der Waals surface area contributed by atoms with Crippen molar-refractivity contribution in [1.29, 1.82) is 0 Å². The Bertz CT molecular complexity index is 633. The zero-order chi connectivity index (χ0) is 31.3. The molecule has 0 aromatic carbocycles. The molecule has 0 unspecified atom stereocenters. The maximum Gasteiger partial charge on any atom is 0.305 e. The molecular formula is C35H68BrNO6. The molecule has 0 aromatic heterocycles. The van der Waals surface area contributed by atoms with Gasteiger partial charge >= 0.3 is 11.9 Å². The molecule has 7 nitrogen and oxygen atoms in total. The van der Waals surface area contributed by atoms with E-state index in [4.69, 9.17) is 9.47 Å². The lowest BCUT2D eigenvalue weighted by Crippen LogP contribution is -3.00. The molecule has 0 aliphatic heterocycles. The standard InChI is InChI=1S/C35H68NO6.BrH/c1-5-7-9-11-13-15-17-19-21-23-34(39)41-29-25-32(33(38)31-36(3,4)27-28-37)26-30-42-35(40)24-22-20-18-16-14-12-10-8-6-2;/h32,37H,5-31H2,1-4H3;1H/q+1;/p-1. The van der Waals surface area contributed by atoms with E-state index in [2.05, 4.69) is 13.8 Å². The number of hydrogen-bond acceptors (Lipinski definition) is 6. The molecule has 0 heterocycles. The maximum atomic E-state index is 13.1. The number of halogens is 1. The molecule has 0 aliphatic rings. The summed E-state index contributed by atoms with van der Waals surface area (Å²) in [5.74, 6) is -0.693.